The van der Waals surface area contributed by atoms with Gasteiger partial charge in [-0.15, -0.1) is 0 Å². The van der Waals surface area contributed by atoms with Gasteiger partial charge in [-0.1, -0.05) is 57.5 Å². The van der Waals surface area contributed by atoms with Gasteiger partial charge in [0.05, 0.1) is 21.4 Å². The largest absolute Gasteiger partial charge is 0.256 e. The quantitative estimate of drug-likeness (QED) is 0.725. The van der Waals surface area contributed by atoms with E-state index in [9.17, 15) is 0 Å². The van der Waals surface area contributed by atoms with Gasteiger partial charge in [-0.05, 0) is 40.2 Å². The molecule has 1 aromatic heterocycles. The summed E-state index contributed by atoms with van der Waals surface area (Å²) in [6.45, 7) is 10.5. The van der Waals surface area contributed by atoms with E-state index in [0.717, 1.165) is 22.4 Å². The van der Waals surface area contributed by atoms with E-state index in [-0.39, 0.29) is 5.41 Å². The standard InChI is InChI=1S/C19H21B2N/c1-12-6-8-13(9-7-12)16-15-14(10-11-22-16)18(4,20)17(2,3)19(15,5)21/h6-11H,1-5H3. The van der Waals surface area contributed by atoms with E-state index < -0.39 is 10.6 Å². The molecule has 22 heavy (non-hydrogen) atoms. The van der Waals surface area contributed by atoms with Crippen molar-refractivity contribution in [2.45, 2.75) is 45.2 Å². The van der Waals surface area contributed by atoms with Crippen molar-refractivity contribution in [2.24, 2.45) is 5.41 Å². The van der Waals surface area contributed by atoms with Crippen LogP contribution in [0.1, 0.15) is 44.4 Å². The lowest BCUT2D eigenvalue weighted by molar-refractivity contribution is 0.216. The first-order valence-electron chi connectivity index (χ1n) is 7.75. The molecule has 1 nitrogen and oxygen atoms in total. The van der Waals surface area contributed by atoms with Gasteiger partial charge in [-0.2, -0.15) is 0 Å². The Labute approximate surface area is 136 Å². The number of hydrogen-bond acceptors (Lipinski definition) is 1. The summed E-state index contributed by atoms with van der Waals surface area (Å²) in [6.07, 6.45) is 1.84. The van der Waals surface area contributed by atoms with Gasteiger partial charge in [-0.3, -0.25) is 4.98 Å². The van der Waals surface area contributed by atoms with Crippen molar-refractivity contribution >= 4 is 15.7 Å². The maximum Gasteiger partial charge on any atom is 0.0815 e. The Morgan fingerprint density at radius 1 is 0.864 bits per heavy atom. The first-order valence-corrected chi connectivity index (χ1v) is 7.75. The summed E-state index contributed by atoms with van der Waals surface area (Å²) in [7, 11) is 13.5. The molecule has 2 atom stereocenters. The summed E-state index contributed by atoms with van der Waals surface area (Å²) in [4.78, 5) is 4.64. The summed E-state index contributed by atoms with van der Waals surface area (Å²) in [6, 6.07) is 10.4. The van der Waals surface area contributed by atoms with Gasteiger partial charge in [0, 0.05) is 11.8 Å². The number of aryl methyl sites for hydroxylation is 1. The second kappa shape index (κ2) is 4.50. The number of hydrogen-bond donors (Lipinski definition) is 0. The molecule has 0 fully saturated rings. The fourth-order valence-electron chi connectivity index (χ4n) is 3.54. The van der Waals surface area contributed by atoms with Crippen LogP contribution in [0.3, 0.4) is 0 Å². The van der Waals surface area contributed by atoms with Crippen LogP contribution in [0.5, 0.6) is 0 Å². The van der Waals surface area contributed by atoms with E-state index in [4.69, 9.17) is 15.7 Å². The van der Waals surface area contributed by atoms with Gasteiger partial charge in [-0.25, -0.2) is 0 Å². The first-order chi connectivity index (χ1) is 10.1. The Morgan fingerprint density at radius 3 is 2.05 bits per heavy atom. The number of nitrogens with zero attached hydrogens (tertiary/aromatic N) is 1. The van der Waals surface area contributed by atoms with Crippen molar-refractivity contribution in [1.29, 1.82) is 0 Å². The van der Waals surface area contributed by atoms with Gasteiger partial charge < -0.3 is 0 Å². The van der Waals surface area contributed by atoms with Crippen molar-refractivity contribution in [3.8, 4) is 11.3 Å². The van der Waals surface area contributed by atoms with Crippen LogP contribution in [0.25, 0.3) is 11.3 Å². The smallest absolute Gasteiger partial charge is 0.0815 e. The lowest BCUT2D eigenvalue weighted by Crippen LogP contribution is -2.46. The van der Waals surface area contributed by atoms with Crippen LogP contribution in [-0.2, 0) is 10.6 Å². The summed E-state index contributed by atoms with van der Waals surface area (Å²) in [5.74, 6) is 0. The van der Waals surface area contributed by atoms with Crippen LogP contribution in [0.4, 0.5) is 0 Å². The average Bonchev–Trinajstić information content (AvgIpc) is 2.56. The maximum atomic E-state index is 6.79. The van der Waals surface area contributed by atoms with Gasteiger partial charge >= 0.3 is 0 Å². The van der Waals surface area contributed by atoms with E-state index in [1.807, 2.05) is 12.3 Å². The predicted octanol–water partition coefficient (Wildman–Crippen LogP) is 3.86. The summed E-state index contributed by atoms with van der Waals surface area (Å²) in [5, 5.41) is -1.03. The molecule has 1 aliphatic carbocycles. The number of fused-ring (bicyclic) bond motifs is 1. The molecule has 1 heterocycles. The highest BCUT2D eigenvalue weighted by molar-refractivity contribution is 6.23. The average molecular weight is 285 g/mol. The zero-order valence-electron chi connectivity index (χ0n) is 14.1. The molecule has 1 aromatic carbocycles. The van der Waals surface area contributed by atoms with E-state index in [1.165, 1.54) is 5.56 Å². The molecule has 0 N–H and O–H groups in total. The third-order valence-electron chi connectivity index (χ3n) is 5.95. The zero-order chi connectivity index (χ0) is 16.3. The van der Waals surface area contributed by atoms with Crippen molar-refractivity contribution in [3.05, 3.63) is 53.2 Å². The lowest BCUT2D eigenvalue weighted by Gasteiger charge is -2.45. The van der Waals surface area contributed by atoms with E-state index in [1.54, 1.807) is 0 Å². The SMILES string of the molecule is [B]C1(C)c2ccnc(-c3ccc(C)cc3)c2C([B])(C)C1(C)C. The van der Waals surface area contributed by atoms with Crippen LogP contribution in [0.15, 0.2) is 36.5 Å². The van der Waals surface area contributed by atoms with E-state index in [2.05, 4.69) is 63.9 Å². The number of benzene rings is 1. The molecular weight excluding hydrogens is 264 g/mol. The fraction of sp³-hybridized carbons (Fsp3) is 0.421. The van der Waals surface area contributed by atoms with Gasteiger partial charge in [0.2, 0.25) is 0 Å². The highest BCUT2D eigenvalue weighted by atomic mass is 14.7. The van der Waals surface area contributed by atoms with Crippen LogP contribution in [-0.4, -0.2) is 20.7 Å². The Hall–Kier alpha value is -1.50. The highest BCUT2D eigenvalue weighted by Crippen LogP contribution is 2.60. The monoisotopic (exact) mass is 285 g/mol. The van der Waals surface area contributed by atoms with Gasteiger partial charge in [0.1, 0.15) is 0 Å². The van der Waals surface area contributed by atoms with Crippen LogP contribution < -0.4 is 0 Å². The second-order valence-electron chi connectivity index (χ2n) is 7.48. The minimum absolute atomic E-state index is 0.273. The molecule has 3 heteroatoms. The van der Waals surface area contributed by atoms with Crippen LogP contribution >= 0.6 is 0 Å². The fourth-order valence-corrected chi connectivity index (χ4v) is 3.54. The third kappa shape index (κ3) is 1.77. The van der Waals surface area contributed by atoms with E-state index in [0.29, 0.717) is 0 Å². The molecule has 3 rings (SSSR count). The summed E-state index contributed by atoms with van der Waals surface area (Å²) in [5.41, 5.74) is 5.18. The molecule has 0 saturated heterocycles. The summed E-state index contributed by atoms with van der Waals surface area (Å²) < 4.78 is 0. The number of rotatable bonds is 1. The van der Waals surface area contributed by atoms with E-state index >= 15 is 0 Å². The minimum atomic E-state index is -0.541. The molecule has 0 spiro atoms. The van der Waals surface area contributed by atoms with Crippen molar-refractivity contribution in [1.82, 2.24) is 4.98 Å². The lowest BCUT2D eigenvalue weighted by atomic mass is 9.45. The topological polar surface area (TPSA) is 12.9 Å². The molecular formula is C19H21B2N. The predicted molar refractivity (Wildman–Crippen MR) is 94.4 cm³/mol. The van der Waals surface area contributed by atoms with Crippen molar-refractivity contribution in [2.75, 3.05) is 0 Å². The Kier molecular flexibility index (Phi) is 3.15. The summed E-state index contributed by atoms with van der Waals surface area (Å²) >= 11 is 0. The second-order valence-corrected chi connectivity index (χ2v) is 7.48. The first kappa shape index (κ1) is 15.4. The number of pyridine rings is 1. The molecule has 108 valence electrons. The van der Waals surface area contributed by atoms with Crippen molar-refractivity contribution in [3.63, 3.8) is 0 Å². The van der Waals surface area contributed by atoms with Gasteiger partial charge in [0.15, 0.2) is 0 Å². The molecule has 2 unspecified atom stereocenters. The Morgan fingerprint density at radius 2 is 1.45 bits per heavy atom. The molecule has 0 bridgehead atoms. The van der Waals surface area contributed by atoms with Crippen molar-refractivity contribution < 1.29 is 0 Å². The molecule has 0 saturated carbocycles. The Balaban J connectivity index is 2.32. The Bertz CT molecular complexity index is 728. The minimum Gasteiger partial charge on any atom is -0.256 e. The third-order valence-corrected chi connectivity index (χ3v) is 5.95. The number of aromatic nitrogens is 1. The molecule has 2 aromatic rings. The maximum absolute atomic E-state index is 6.79. The molecule has 1 aliphatic rings. The zero-order valence-corrected chi connectivity index (χ0v) is 14.1. The molecule has 0 aliphatic heterocycles. The van der Waals surface area contributed by atoms with Crippen LogP contribution in [0.2, 0.25) is 0 Å². The van der Waals surface area contributed by atoms with Crippen LogP contribution in [0, 0.1) is 12.3 Å². The molecule has 4 radical (unpaired) electrons. The normalized spacial score (nSPS) is 29.3. The molecule has 0 amide bonds. The highest BCUT2D eigenvalue weighted by Gasteiger charge is 2.56. The van der Waals surface area contributed by atoms with Gasteiger partial charge in [0.25, 0.3) is 0 Å².